The molecule has 0 amide bonds. The zero-order valence-electron chi connectivity index (χ0n) is 7.88. The molecule has 0 saturated heterocycles. The number of nitrogens with one attached hydrogen (secondary N) is 1. The second kappa shape index (κ2) is 5.04. The summed E-state index contributed by atoms with van der Waals surface area (Å²) in [5.74, 6) is -1.12. The van der Waals surface area contributed by atoms with Crippen LogP contribution in [0.4, 0.5) is 13.2 Å². The average molecular weight is 220 g/mol. The van der Waals surface area contributed by atoms with Crippen LogP contribution in [-0.2, 0) is 12.7 Å². The van der Waals surface area contributed by atoms with Crippen LogP contribution in [0, 0.1) is 0 Å². The SMILES string of the molecule is NCCNCc1cnc(C(F)(F)F)nc1. The van der Waals surface area contributed by atoms with Crippen LogP contribution in [0.25, 0.3) is 0 Å². The molecule has 0 aliphatic rings. The monoisotopic (exact) mass is 220 g/mol. The number of hydrogen-bond acceptors (Lipinski definition) is 4. The molecular formula is C8H11F3N4. The summed E-state index contributed by atoms with van der Waals surface area (Å²) in [5.41, 5.74) is 5.83. The largest absolute Gasteiger partial charge is 0.451 e. The molecule has 0 radical (unpaired) electrons. The predicted molar refractivity (Wildman–Crippen MR) is 47.8 cm³/mol. The fourth-order valence-corrected chi connectivity index (χ4v) is 0.927. The molecule has 84 valence electrons. The second-order valence-electron chi connectivity index (χ2n) is 2.88. The number of hydrogen-bond donors (Lipinski definition) is 2. The summed E-state index contributed by atoms with van der Waals surface area (Å²) >= 11 is 0. The van der Waals surface area contributed by atoms with Crippen molar-refractivity contribution in [2.24, 2.45) is 5.73 Å². The number of rotatable bonds is 4. The van der Waals surface area contributed by atoms with Gasteiger partial charge < -0.3 is 11.1 Å². The fourth-order valence-electron chi connectivity index (χ4n) is 0.927. The van der Waals surface area contributed by atoms with Crippen molar-refractivity contribution < 1.29 is 13.2 Å². The van der Waals surface area contributed by atoms with Gasteiger partial charge in [-0.25, -0.2) is 9.97 Å². The van der Waals surface area contributed by atoms with Gasteiger partial charge in [0.1, 0.15) is 0 Å². The van der Waals surface area contributed by atoms with Crippen molar-refractivity contribution in [2.45, 2.75) is 12.7 Å². The smallest absolute Gasteiger partial charge is 0.329 e. The molecule has 0 aliphatic heterocycles. The Morgan fingerprint density at radius 1 is 1.27 bits per heavy atom. The van der Waals surface area contributed by atoms with Gasteiger partial charge in [-0.05, 0) is 0 Å². The molecule has 0 aliphatic carbocycles. The van der Waals surface area contributed by atoms with Gasteiger partial charge in [0.2, 0.25) is 5.82 Å². The highest BCUT2D eigenvalue weighted by Crippen LogP contribution is 2.25. The lowest BCUT2D eigenvalue weighted by molar-refractivity contribution is -0.145. The lowest BCUT2D eigenvalue weighted by Gasteiger charge is -2.05. The van der Waals surface area contributed by atoms with Gasteiger partial charge in [-0.15, -0.1) is 0 Å². The minimum Gasteiger partial charge on any atom is -0.329 e. The molecule has 0 bridgehead atoms. The first-order valence-corrected chi connectivity index (χ1v) is 4.33. The van der Waals surface area contributed by atoms with Crippen molar-refractivity contribution in [1.82, 2.24) is 15.3 Å². The number of halogens is 3. The van der Waals surface area contributed by atoms with E-state index in [1.807, 2.05) is 0 Å². The molecule has 1 aromatic heterocycles. The summed E-state index contributed by atoms with van der Waals surface area (Å²) in [6.45, 7) is 1.48. The van der Waals surface area contributed by atoms with Crippen molar-refractivity contribution in [3.8, 4) is 0 Å². The molecule has 1 aromatic rings. The first kappa shape index (κ1) is 11.9. The number of aromatic nitrogens is 2. The second-order valence-corrected chi connectivity index (χ2v) is 2.88. The number of nitrogens with two attached hydrogens (primary N) is 1. The van der Waals surface area contributed by atoms with Crippen LogP contribution in [0.2, 0.25) is 0 Å². The van der Waals surface area contributed by atoms with E-state index in [4.69, 9.17) is 5.73 Å². The zero-order chi connectivity index (χ0) is 11.3. The molecule has 4 nitrogen and oxygen atoms in total. The third kappa shape index (κ3) is 3.80. The highest BCUT2D eigenvalue weighted by Gasteiger charge is 2.34. The van der Waals surface area contributed by atoms with E-state index in [0.29, 0.717) is 25.2 Å². The normalized spacial score (nSPS) is 11.7. The molecule has 0 atom stereocenters. The summed E-state index contributed by atoms with van der Waals surface area (Å²) in [5, 5.41) is 2.92. The average Bonchev–Trinajstić information content (AvgIpc) is 2.18. The van der Waals surface area contributed by atoms with Crippen LogP contribution in [0.15, 0.2) is 12.4 Å². The van der Waals surface area contributed by atoms with Crippen molar-refractivity contribution in [2.75, 3.05) is 13.1 Å². The van der Waals surface area contributed by atoms with Gasteiger partial charge in [0.25, 0.3) is 0 Å². The van der Waals surface area contributed by atoms with Gasteiger partial charge in [-0.1, -0.05) is 0 Å². The molecule has 0 spiro atoms. The zero-order valence-corrected chi connectivity index (χ0v) is 7.88. The molecule has 3 N–H and O–H groups in total. The Balaban J connectivity index is 2.57. The van der Waals surface area contributed by atoms with E-state index in [2.05, 4.69) is 15.3 Å². The summed E-state index contributed by atoms with van der Waals surface area (Å²) in [4.78, 5) is 6.44. The summed E-state index contributed by atoms with van der Waals surface area (Å²) < 4.78 is 36.2. The highest BCUT2D eigenvalue weighted by atomic mass is 19.4. The Morgan fingerprint density at radius 3 is 2.33 bits per heavy atom. The van der Waals surface area contributed by atoms with Crippen molar-refractivity contribution in [3.63, 3.8) is 0 Å². The minimum atomic E-state index is -4.48. The lowest BCUT2D eigenvalue weighted by Crippen LogP contribution is -2.22. The lowest BCUT2D eigenvalue weighted by atomic mass is 10.3. The van der Waals surface area contributed by atoms with Gasteiger partial charge in [0, 0.05) is 37.6 Å². The van der Waals surface area contributed by atoms with Crippen molar-refractivity contribution >= 4 is 0 Å². The fraction of sp³-hybridized carbons (Fsp3) is 0.500. The highest BCUT2D eigenvalue weighted by molar-refractivity contribution is 5.06. The molecule has 0 unspecified atom stereocenters. The molecular weight excluding hydrogens is 209 g/mol. The predicted octanol–water partition coefficient (Wildman–Crippen LogP) is 0.544. The van der Waals surface area contributed by atoms with Crippen LogP contribution in [-0.4, -0.2) is 23.1 Å². The molecule has 0 aromatic carbocycles. The van der Waals surface area contributed by atoms with Crippen molar-refractivity contribution in [3.05, 3.63) is 23.8 Å². The third-order valence-corrected chi connectivity index (χ3v) is 1.61. The Morgan fingerprint density at radius 2 is 1.87 bits per heavy atom. The summed E-state index contributed by atoms with van der Waals surface area (Å²) in [6.07, 6.45) is -2.18. The first-order valence-electron chi connectivity index (χ1n) is 4.33. The Hall–Kier alpha value is -1.21. The topological polar surface area (TPSA) is 63.8 Å². The van der Waals surface area contributed by atoms with Gasteiger partial charge in [-0.3, -0.25) is 0 Å². The third-order valence-electron chi connectivity index (χ3n) is 1.61. The summed E-state index contributed by atoms with van der Waals surface area (Å²) in [7, 11) is 0. The number of alkyl halides is 3. The van der Waals surface area contributed by atoms with Gasteiger partial charge >= 0.3 is 6.18 Å². The Kier molecular flexibility index (Phi) is 3.98. The number of nitrogens with zero attached hydrogens (tertiary/aromatic N) is 2. The quantitative estimate of drug-likeness (QED) is 0.727. The molecule has 0 saturated carbocycles. The maximum Gasteiger partial charge on any atom is 0.451 e. The van der Waals surface area contributed by atoms with Gasteiger partial charge in [0.15, 0.2) is 0 Å². The van der Waals surface area contributed by atoms with Crippen LogP contribution >= 0.6 is 0 Å². The van der Waals surface area contributed by atoms with Gasteiger partial charge in [0.05, 0.1) is 0 Å². The minimum absolute atomic E-state index is 0.412. The van der Waals surface area contributed by atoms with Crippen LogP contribution in [0.1, 0.15) is 11.4 Å². The van der Waals surface area contributed by atoms with Crippen LogP contribution < -0.4 is 11.1 Å². The standard InChI is InChI=1S/C8H11F3N4/c9-8(10,11)7-14-4-6(5-15-7)3-13-2-1-12/h4-5,13H,1-3,12H2. The molecule has 0 fully saturated rings. The maximum atomic E-state index is 12.1. The van der Waals surface area contributed by atoms with E-state index < -0.39 is 12.0 Å². The van der Waals surface area contributed by atoms with Crippen molar-refractivity contribution in [1.29, 1.82) is 0 Å². The van der Waals surface area contributed by atoms with Gasteiger partial charge in [-0.2, -0.15) is 13.2 Å². The molecule has 15 heavy (non-hydrogen) atoms. The Bertz CT molecular complexity index is 296. The van der Waals surface area contributed by atoms with E-state index in [-0.39, 0.29) is 0 Å². The van der Waals surface area contributed by atoms with Crippen LogP contribution in [0.3, 0.4) is 0 Å². The summed E-state index contributed by atoms with van der Waals surface area (Å²) in [6, 6.07) is 0. The molecule has 1 heterocycles. The van der Waals surface area contributed by atoms with E-state index in [1.165, 1.54) is 0 Å². The van der Waals surface area contributed by atoms with E-state index in [0.717, 1.165) is 12.4 Å². The van der Waals surface area contributed by atoms with E-state index >= 15 is 0 Å². The maximum absolute atomic E-state index is 12.1. The van der Waals surface area contributed by atoms with E-state index in [1.54, 1.807) is 0 Å². The first-order chi connectivity index (χ1) is 7.04. The molecule has 1 rings (SSSR count). The molecule has 7 heteroatoms. The van der Waals surface area contributed by atoms with E-state index in [9.17, 15) is 13.2 Å². The Labute approximate surface area is 84.7 Å². The van der Waals surface area contributed by atoms with Crippen LogP contribution in [0.5, 0.6) is 0 Å².